The SMILES string of the molecule is CCCCCCCCCCCCCCCCC(=O)NC(CS)C(=O)O.C[NH2+]C. The number of unbranched alkanes of at least 4 members (excludes halogenated alkanes) is 13. The first-order valence-electron chi connectivity index (χ1n) is 11.4. The number of rotatable bonds is 18. The maximum absolute atomic E-state index is 11.6. The molecule has 0 aliphatic heterocycles. The van der Waals surface area contributed by atoms with Crippen molar-refractivity contribution in [3.05, 3.63) is 0 Å². The third-order valence-electron chi connectivity index (χ3n) is 4.57. The molecule has 0 aliphatic carbocycles. The van der Waals surface area contributed by atoms with Gasteiger partial charge in [0, 0.05) is 12.2 Å². The quantitative estimate of drug-likeness (QED) is 0.199. The van der Waals surface area contributed by atoms with E-state index in [1.807, 2.05) is 19.4 Å². The summed E-state index contributed by atoms with van der Waals surface area (Å²) in [6.07, 6.45) is 18.4. The lowest BCUT2D eigenvalue weighted by atomic mass is 10.0. The fourth-order valence-corrected chi connectivity index (χ4v) is 3.18. The van der Waals surface area contributed by atoms with Gasteiger partial charge in [0.15, 0.2) is 0 Å². The number of carbonyl (C=O) groups excluding carboxylic acids is 1. The first kappa shape index (κ1) is 29.5. The Bertz CT molecular complexity index is 355. The van der Waals surface area contributed by atoms with E-state index in [1.165, 1.54) is 77.0 Å². The molecule has 0 rings (SSSR count). The highest BCUT2D eigenvalue weighted by Gasteiger charge is 2.17. The average Bonchev–Trinajstić information content (AvgIpc) is 2.66. The normalized spacial score (nSPS) is 11.4. The fraction of sp³-hybridized carbons (Fsp3) is 0.909. The number of amides is 1. The summed E-state index contributed by atoms with van der Waals surface area (Å²) in [5.74, 6) is -1.08. The molecule has 0 heterocycles. The van der Waals surface area contributed by atoms with Crippen LogP contribution < -0.4 is 10.6 Å². The van der Waals surface area contributed by atoms with Crippen LogP contribution in [0.4, 0.5) is 0 Å². The second-order valence-electron chi connectivity index (χ2n) is 7.56. The maximum Gasteiger partial charge on any atom is 0.327 e. The van der Waals surface area contributed by atoms with Crippen molar-refractivity contribution in [2.45, 2.75) is 109 Å². The zero-order valence-corrected chi connectivity index (χ0v) is 19.6. The van der Waals surface area contributed by atoms with Crippen LogP contribution >= 0.6 is 12.6 Å². The van der Waals surface area contributed by atoms with Crippen LogP contribution in [0.3, 0.4) is 0 Å². The Morgan fingerprint density at radius 2 is 1.18 bits per heavy atom. The summed E-state index contributed by atoms with van der Waals surface area (Å²) in [6.45, 7) is 2.26. The second kappa shape index (κ2) is 24.3. The van der Waals surface area contributed by atoms with Gasteiger partial charge in [0.1, 0.15) is 6.04 Å². The number of hydrogen-bond donors (Lipinski definition) is 4. The van der Waals surface area contributed by atoms with Gasteiger partial charge >= 0.3 is 5.97 Å². The second-order valence-corrected chi connectivity index (χ2v) is 7.93. The molecule has 168 valence electrons. The Balaban J connectivity index is 0. The first-order valence-corrected chi connectivity index (χ1v) is 12.0. The summed E-state index contributed by atoms with van der Waals surface area (Å²) in [5.41, 5.74) is 0. The fourth-order valence-electron chi connectivity index (χ4n) is 2.93. The van der Waals surface area contributed by atoms with Gasteiger partial charge in [-0.1, -0.05) is 90.4 Å². The van der Waals surface area contributed by atoms with Crippen LogP contribution in [0.15, 0.2) is 0 Å². The Kier molecular flexibility index (Phi) is 25.5. The zero-order valence-electron chi connectivity index (χ0n) is 18.7. The molecule has 4 N–H and O–H groups in total. The van der Waals surface area contributed by atoms with Gasteiger partial charge < -0.3 is 15.7 Å². The minimum absolute atomic E-state index is 0.125. The van der Waals surface area contributed by atoms with E-state index in [1.54, 1.807) is 0 Å². The third kappa shape index (κ3) is 23.3. The van der Waals surface area contributed by atoms with Crippen LogP contribution in [0.25, 0.3) is 0 Å². The highest BCUT2D eigenvalue weighted by Crippen LogP contribution is 2.13. The van der Waals surface area contributed by atoms with Gasteiger partial charge in [0.25, 0.3) is 0 Å². The molecule has 6 heteroatoms. The number of nitrogens with two attached hydrogens (primary N) is 1. The molecule has 5 nitrogen and oxygen atoms in total. The maximum atomic E-state index is 11.6. The van der Waals surface area contributed by atoms with Crippen molar-refractivity contribution in [1.82, 2.24) is 5.32 Å². The molecular weight excluding hydrogens is 372 g/mol. The molecule has 0 saturated heterocycles. The summed E-state index contributed by atoms with van der Waals surface area (Å²) < 4.78 is 0. The van der Waals surface area contributed by atoms with E-state index in [9.17, 15) is 9.59 Å². The van der Waals surface area contributed by atoms with Crippen LogP contribution in [-0.2, 0) is 9.59 Å². The zero-order chi connectivity index (χ0) is 21.5. The number of carbonyl (C=O) groups is 2. The van der Waals surface area contributed by atoms with Crippen LogP contribution in [0.1, 0.15) is 103 Å². The minimum Gasteiger partial charge on any atom is -0.480 e. The molecule has 0 saturated carbocycles. The number of thiol groups is 1. The molecule has 0 spiro atoms. The molecule has 0 aromatic heterocycles. The first-order chi connectivity index (χ1) is 13.5. The molecule has 1 amide bonds. The average molecular weight is 420 g/mol. The molecule has 0 radical (unpaired) electrons. The van der Waals surface area contributed by atoms with Gasteiger partial charge in [0.2, 0.25) is 5.91 Å². The van der Waals surface area contributed by atoms with Crippen LogP contribution in [-0.4, -0.2) is 42.9 Å². The van der Waals surface area contributed by atoms with Crippen molar-refractivity contribution in [2.24, 2.45) is 0 Å². The lowest BCUT2D eigenvalue weighted by molar-refractivity contribution is -0.597. The van der Waals surface area contributed by atoms with Crippen molar-refractivity contribution in [1.29, 1.82) is 0 Å². The number of carboxylic acids is 1. The van der Waals surface area contributed by atoms with Gasteiger partial charge in [-0.05, 0) is 6.42 Å². The van der Waals surface area contributed by atoms with E-state index in [0.29, 0.717) is 6.42 Å². The molecule has 28 heavy (non-hydrogen) atoms. The smallest absolute Gasteiger partial charge is 0.327 e. The summed E-state index contributed by atoms with van der Waals surface area (Å²) in [5, 5.41) is 13.4. The van der Waals surface area contributed by atoms with Crippen molar-refractivity contribution < 1.29 is 20.0 Å². The third-order valence-corrected chi connectivity index (χ3v) is 4.94. The molecule has 0 bridgehead atoms. The van der Waals surface area contributed by atoms with E-state index in [4.69, 9.17) is 5.11 Å². The predicted molar refractivity (Wildman–Crippen MR) is 122 cm³/mol. The van der Waals surface area contributed by atoms with E-state index in [-0.39, 0.29) is 11.7 Å². The van der Waals surface area contributed by atoms with E-state index in [2.05, 4.69) is 24.9 Å². The molecule has 0 aliphatic rings. The summed E-state index contributed by atoms with van der Waals surface area (Å²) >= 11 is 3.93. The van der Waals surface area contributed by atoms with E-state index < -0.39 is 12.0 Å². The number of carboxylic acid groups (broad SMARTS) is 1. The van der Waals surface area contributed by atoms with Crippen molar-refractivity contribution in [2.75, 3.05) is 19.8 Å². The van der Waals surface area contributed by atoms with Gasteiger partial charge in [-0.15, -0.1) is 0 Å². The van der Waals surface area contributed by atoms with Gasteiger partial charge in [0.05, 0.1) is 14.1 Å². The number of quaternary nitrogens is 1. The Labute approximate surface area is 179 Å². The van der Waals surface area contributed by atoms with Crippen LogP contribution in [0.5, 0.6) is 0 Å². The van der Waals surface area contributed by atoms with E-state index in [0.717, 1.165) is 12.8 Å². The molecule has 0 aromatic rings. The predicted octanol–water partition coefficient (Wildman–Crippen LogP) is 4.17. The van der Waals surface area contributed by atoms with Gasteiger partial charge in [-0.3, -0.25) is 4.79 Å². The summed E-state index contributed by atoms with van der Waals surface area (Å²) in [7, 11) is 4.00. The monoisotopic (exact) mass is 419 g/mol. The summed E-state index contributed by atoms with van der Waals surface area (Å²) in [6, 6.07) is -0.873. The highest BCUT2D eigenvalue weighted by molar-refractivity contribution is 7.80. The van der Waals surface area contributed by atoms with Crippen LogP contribution in [0.2, 0.25) is 0 Å². The van der Waals surface area contributed by atoms with E-state index >= 15 is 0 Å². The van der Waals surface area contributed by atoms with Crippen molar-refractivity contribution in [3.8, 4) is 0 Å². The number of hydrogen-bond acceptors (Lipinski definition) is 3. The van der Waals surface area contributed by atoms with Gasteiger partial charge in [-0.2, -0.15) is 12.6 Å². The summed E-state index contributed by atoms with van der Waals surface area (Å²) in [4.78, 5) is 22.4. The highest BCUT2D eigenvalue weighted by atomic mass is 32.1. The lowest BCUT2D eigenvalue weighted by Crippen LogP contribution is -2.74. The van der Waals surface area contributed by atoms with Crippen LogP contribution in [0, 0.1) is 0 Å². The molecule has 1 atom stereocenters. The Hall–Kier alpha value is -0.750. The minimum atomic E-state index is -1.02. The van der Waals surface area contributed by atoms with Crippen molar-refractivity contribution in [3.63, 3.8) is 0 Å². The topological polar surface area (TPSA) is 83.0 Å². The standard InChI is InChI=1S/C20H39NO3S.C2H7N/c1-2-3-4-5-6-7-8-9-10-11-12-13-14-15-16-19(22)21-18(17-25)20(23)24;1-3-2/h18,25H,2-17H2,1H3,(H,21,22)(H,23,24);3H,1-2H3/p+1. The molecular formula is C22H47N2O3S+. The Morgan fingerprint density at radius 1 is 0.821 bits per heavy atom. The van der Waals surface area contributed by atoms with Gasteiger partial charge in [-0.25, -0.2) is 4.79 Å². The molecule has 0 fully saturated rings. The largest absolute Gasteiger partial charge is 0.480 e. The Morgan fingerprint density at radius 3 is 1.50 bits per heavy atom. The lowest BCUT2D eigenvalue weighted by Gasteiger charge is -2.11. The number of nitrogens with one attached hydrogen (secondary N) is 1. The van der Waals surface area contributed by atoms with Crippen molar-refractivity contribution >= 4 is 24.5 Å². The molecule has 1 unspecified atom stereocenters. The number of aliphatic carboxylic acids is 1. The molecule has 0 aromatic carbocycles.